The van der Waals surface area contributed by atoms with E-state index >= 15 is 0 Å². The molecule has 0 unspecified atom stereocenters. The molecule has 122 valence electrons. The molecule has 2 N–H and O–H groups in total. The Bertz CT molecular complexity index is 685. The van der Waals surface area contributed by atoms with Crippen LogP contribution in [-0.2, 0) is 0 Å². The quantitative estimate of drug-likeness (QED) is 0.871. The predicted molar refractivity (Wildman–Crippen MR) is 83.0 cm³/mol. The second kappa shape index (κ2) is 5.88. The number of aryl methyl sites for hydroxylation is 1. The molecule has 0 spiro atoms. The first kappa shape index (κ1) is 14.6. The zero-order chi connectivity index (χ0) is 15.8. The zero-order valence-electron chi connectivity index (χ0n) is 13.1. The van der Waals surface area contributed by atoms with Gasteiger partial charge < -0.3 is 14.9 Å². The Morgan fingerprint density at radius 2 is 2.04 bits per heavy atom. The summed E-state index contributed by atoms with van der Waals surface area (Å²) < 4.78 is 5.41. The molecule has 2 aliphatic carbocycles. The molecule has 2 aliphatic rings. The molecule has 2 aromatic heterocycles. The summed E-state index contributed by atoms with van der Waals surface area (Å²) in [6, 6.07) is 0. The van der Waals surface area contributed by atoms with Gasteiger partial charge in [0.25, 0.3) is 0 Å². The van der Waals surface area contributed by atoms with E-state index in [0.717, 1.165) is 36.6 Å². The lowest BCUT2D eigenvalue weighted by Crippen LogP contribution is -2.22. The van der Waals surface area contributed by atoms with Gasteiger partial charge in [0.1, 0.15) is 5.82 Å². The van der Waals surface area contributed by atoms with Crippen molar-refractivity contribution in [2.24, 2.45) is 5.92 Å². The van der Waals surface area contributed by atoms with E-state index in [4.69, 9.17) is 4.52 Å². The number of aliphatic hydroxyl groups excluding tert-OH is 1. The molecule has 2 fully saturated rings. The lowest BCUT2D eigenvalue weighted by molar-refractivity contribution is 0.137. The summed E-state index contributed by atoms with van der Waals surface area (Å²) >= 11 is 0. The average molecular weight is 315 g/mol. The van der Waals surface area contributed by atoms with E-state index < -0.39 is 0 Å². The molecule has 7 nitrogen and oxygen atoms in total. The minimum Gasteiger partial charge on any atom is -0.393 e. The van der Waals surface area contributed by atoms with E-state index in [-0.39, 0.29) is 17.9 Å². The molecular formula is C16H21N5O2. The molecule has 7 heteroatoms. The van der Waals surface area contributed by atoms with Crippen LogP contribution in [0, 0.1) is 12.8 Å². The fraction of sp³-hybridized carbons (Fsp3) is 0.625. The van der Waals surface area contributed by atoms with Gasteiger partial charge in [-0.2, -0.15) is 4.98 Å². The summed E-state index contributed by atoms with van der Waals surface area (Å²) in [5.74, 6) is 3.10. The highest BCUT2D eigenvalue weighted by molar-refractivity contribution is 5.38. The van der Waals surface area contributed by atoms with Crippen molar-refractivity contribution in [3.8, 4) is 0 Å². The Morgan fingerprint density at radius 3 is 2.83 bits per heavy atom. The number of aromatic nitrogens is 4. The van der Waals surface area contributed by atoms with Gasteiger partial charge >= 0.3 is 0 Å². The highest BCUT2D eigenvalue weighted by atomic mass is 16.5. The number of rotatable bonds is 5. The number of nitrogens with zero attached hydrogens (tertiary/aromatic N) is 4. The van der Waals surface area contributed by atoms with E-state index in [1.165, 1.54) is 0 Å². The Kier molecular flexibility index (Phi) is 3.72. The summed E-state index contributed by atoms with van der Waals surface area (Å²) in [7, 11) is 0. The number of anilines is 1. The predicted octanol–water partition coefficient (Wildman–Crippen LogP) is 2.01. The fourth-order valence-electron chi connectivity index (χ4n) is 3.25. The van der Waals surface area contributed by atoms with Crippen molar-refractivity contribution in [2.45, 2.75) is 50.5 Å². The van der Waals surface area contributed by atoms with Gasteiger partial charge in [-0.15, -0.1) is 0 Å². The minimum atomic E-state index is -0.360. The molecule has 2 saturated carbocycles. The molecule has 23 heavy (non-hydrogen) atoms. The van der Waals surface area contributed by atoms with Crippen molar-refractivity contribution in [1.29, 1.82) is 0 Å². The van der Waals surface area contributed by atoms with Crippen LogP contribution in [-0.4, -0.2) is 37.9 Å². The molecule has 2 heterocycles. The maximum atomic E-state index is 10.3. The molecule has 2 aromatic rings. The van der Waals surface area contributed by atoms with Crippen molar-refractivity contribution in [2.75, 3.05) is 11.9 Å². The first-order chi connectivity index (χ1) is 11.2. The zero-order valence-corrected chi connectivity index (χ0v) is 13.1. The Morgan fingerprint density at radius 1 is 1.22 bits per heavy atom. The average Bonchev–Trinajstić information content (AvgIpc) is 3.16. The normalized spacial score (nSPS) is 27.3. The summed E-state index contributed by atoms with van der Waals surface area (Å²) in [5.41, 5.74) is 0.863. The first-order valence-corrected chi connectivity index (χ1v) is 8.23. The molecule has 0 aromatic carbocycles. The van der Waals surface area contributed by atoms with Crippen LogP contribution in [0.3, 0.4) is 0 Å². The van der Waals surface area contributed by atoms with E-state index in [0.29, 0.717) is 24.8 Å². The summed E-state index contributed by atoms with van der Waals surface area (Å²) in [6.07, 6.45) is 6.83. The van der Waals surface area contributed by atoms with Crippen LogP contribution in [0.2, 0.25) is 0 Å². The Labute approximate surface area is 134 Å². The van der Waals surface area contributed by atoms with E-state index in [1.54, 1.807) is 12.4 Å². The van der Waals surface area contributed by atoms with Gasteiger partial charge in [-0.1, -0.05) is 5.16 Å². The number of hydrogen-bond donors (Lipinski definition) is 2. The largest absolute Gasteiger partial charge is 0.393 e. The molecule has 0 saturated heterocycles. The van der Waals surface area contributed by atoms with Crippen LogP contribution in [0.15, 0.2) is 16.9 Å². The molecule has 0 bridgehead atoms. The van der Waals surface area contributed by atoms with Crippen molar-refractivity contribution in [3.63, 3.8) is 0 Å². The molecule has 0 aliphatic heterocycles. The smallest absolute Gasteiger partial charge is 0.229 e. The van der Waals surface area contributed by atoms with Crippen LogP contribution < -0.4 is 5.32 Å². The van der Waals surface area contributed by atoms with Crippen LogP contribution in [0.1, 0.15) is 54.9 Å². The maximum absolute atomic E-state index is 10.3. The standard InChI is InChI=1S/C16H21N5O2/c1-9-14(18-5-4-17-9)19-8-12-6-11(7-13(12)22)16-20-15(21-23-16)10-2-3-10/h4-5,10-13,22H,2-3,6-8H2,1H3,(H,18,19)/t11-,12+,13+/m0/s1. The molecule has 0 radical (unpaired) electrons. The fourth-order valence-corrected chi connectivity index (χ4v) is 3.25. The van der Waals surface area contributed by atoms with Crippen molar-refractivity contribution < 1.29 is 9.63 Å². The van der Waals surface area contributed by atoms with Crippen molar-refractivity contribution >= 4 is 5.82 Å². The topological polar surface area (TPSA) is 97.0 Å². The van der Waals surface area contributed by atoms with Gasteiger partial charge in [-0.3, -0.25) is 4.98 Å². The number of aliphatic hydroxyl groups is 1. The lowest BCUT2D eigenvalue weighted by Gasteiger charge is -2.15. The Hall–Kier alpha value is -2.02. The van der Waals surface area contributed by atoms with E-state index in [9.17, 15) is 5.11 Å². The molecule has 0 amide bonds. The third-order valence-electron chi connectivity index (χ3n) is 4.82. The van der Waals surface area contributed by atoms with Gasteiger partial charge in [0.2, 0.25) is 5.89 Å². The van der Waals surface area contributed by atoms with Gasteiger partial charge in [0.05, 0.1) is 11.8 Å². The molecular weight excluding hydrogens is 294 g/mol. The SMILES string of the molecule is Cc1nccnc1NC[C@H]1C[C@H](c2nc(C3CC3)no2)C[C@H]1O. The van der Waals surface area contributed by atoms with E-state index in [1.807, 2.05) is 6.92 Å². The summed E-state index contributed by atoms with van der Waals surface area (Å²) in [4.78, 5) is 13.0. The minimum absolute atomic E-state index is 0.151. The second-order valence-electron chi connectivity index (χ2n) is 6.63. The monoisotopic (exact) mass is 315 g/mol. The number of nitrogens with one attached hydrogen (secondary N) is 1. The lowest BCUT2D eigenvalue weighted by atomic mass is 10.0. The van der Waals surface area contributed by atoms with Gasteiger partial charge in [-0.05, 0) is 32.6 Å². The van der Waals surface area contributed by atoms with Gasteiger partial charge in [0.15, 0.2) is 5.82 Å². The summed E-state index contributed by atoms with van der Waals surface area (Å²) in [6.45, 7) is 2.59. The number of hydrogen-bond acceptors (Lipinski definition) is 7. The van der Waals surface area contributed by atoms with Crippen LogP contribution in [0.25, 0.3) is 0 Å². The first-order valence-electron chi connectivity index (χ1n) is 8.23. The van der Waals surface area contributed by atoms with Gasteiger partial charge in [0, 0.05) is 36.7 Å². The second-order valence-corrected chi connectivity index (χ2v) is 6.63. The highest BCUT2D eigenvalue weighted by Crippen LogP contribution is 2.41. The van der Waals surface area contributed by atoms with Crippen LogP contribution >= 0.6 is 0 Å². The molecule has 3 atom stereocenters. The summed E-state index contributed by atoms with van der Waals surface area (Å²) in [5, 5.41) is 17.7. The van der Waals surface area contributed by atoms with Gasteiger partial charge in [-0.25, -0.2) is 4.98 Å². The van der Waals surface area contributed by atoms with Crippen LogP contribution in [0.4, 0.5) is 5.82 Å². The highest BCUT2D eigenvalue weighted by Gasteiger charge is 2.38. The van der Waals surface area contributed by atoms with Crippen molar-refractivity contribution in [1.82, 2.24) is 20.1 Å². The van der Waals surface area contributed by atoms with Crippen molar-refractivity contribution in [3.05, 3.63) is 29.8 Å². The third-order valence-corrected chi connectivity index (χ3v) is 4.82. The van der Waals surface area contributed by atoms with E-state index in [2.05, 4.69) is 25.4 Å². The maximum Gasteiger partial charge on any atom is 0.229 e. The third kappa shape index (κ3) is 3.06. The molecule has 4 rings (SSSR count). The Balaban J connectivity index is 1.37. The van der Waals surface area contributed by atoms with Crippen LogP contribution in [0.5, 0.6) is 0 Å².